The zero-order valence-corrected chi connectivity index (χ0v) is 16.8. The van der Waals surface area contributed by atoms with Crippen LogP contribution in [0.4, 0.5) is 5.88 Å². The molecular formula is C20H20N6O2S. The number of imidazole rings is 1. The molecule has 4 rings (SSSR count). The molecule has 3 aromatic rings. The van der Waals surface area contributed by atoms with E-state index in [4.69, 9.17) is 4.42 Å². The number of hydrogen-bond acceptors (Lipinski definition) is 7. The summed E-state index contributed by atoms with van der Waals surface area (Å²) in [6.07, 6.45) is 3.64. The van der Waals surface area contributed by atoms with Gasteiger partial charge >= 0.3 is 0 Å². The molecule has 1 amide bonds. The Labute approximate surface area is 172 Å². The number of rotatable bonds is 5. The third-order valence-electron chi connectivity index (χ3n) is 4.71. The number of carbonyl (C=O) groups excluding carboxylic acids is 1. The van der Waals surface area contributed by atoms with E-state index in [2.05, 4.69) is 16.0 Å². The molecule has 0 atom stereocenters. The average Bonchev–Trinajstić information content (AvgIpc) is 3.39. The first-order chi connectivity index (χ1) is 14.2. The maximum atomic E-state index is 12.7. The minimum absolute atomic E-state index is 0.0755. The maximum Gasteiger partial charge on any atom is 0.234 e. The Morgan fingerprint density at radius 3 is 2.72 bits per heavy atom. The number of anilines is 1. The number of para-hydroxylation sites is 1. The molecule has 148 valence electrons. The molecule has 9 heteroatoms. The number of oxazole rings is 1. The van der Waals surface area contributed by atoms with E-state index in [1.54, 1.807) is 13.1 Å². The SMILES string of the molecule is Cc1nc(C#N)c(N2CCN(C(=O)CSc3nccn3-c3ccccc3)CC2)o1. The maximum absolute atomic E-state index is 12.7. The Morgan fingerprint density at radius 1 is 1.24 bits per heavy atom. The lowest BCUT2D eigenvalue weighted by atomic mass is 10.3. The van der Waals surface area contributed by atoms with E-state index in [0.29, 0.717) is 49.4 Å². The number of hydrogen-bond donors (Lipinski definition) is 0. The van der Waals surface area contributed by atoms with Gasteiger partial charge in [-0.25, -0.2) is 9.97 Å². The van der Waals surface area contributed by atoms with Crippen LogP contribution in [-0.2, 0) is 4.79 Å². The van der Waals surface area contributed by atoms with Crippen molar-refractivity contribution in [3.63, 3.8) is 0 Å². The first-order valence-electron chi connectivity index (χ1n) is 9.27. The second-order valence-electron chi connectivity index (χ2n) is 6.57. The summed E-state index contributed by atoms with van der Waals surface area (Å²) in [4.78, 5) is 25.0. The van der Waals surface area contributed by atoms with Gasteiger partial charge in [0.25, 0.3) is 0 Å². The summed E-state index contributed by atoms with van der Waals surface area (Å²) in [6, 6.07) is 12.0. The van der Waals surface area contributed by atoms with E-state index < -0.39 is 0 Å². The second-order valence-corrected chi connectivity index (χ2v) is 7.51. The molecule has 1 aromatic carbocycles. The number of nitrogens with zero attached hydrogens (tertiary/aromatic N) is 6. The van der Waals surface area contributed by atoms with Crippen LogP contribution in [0, 0.1) is 18.3 Å². The van der Waals surface area contributed by atoms with Crippen LogP contribution >= 0.6 is 11.8 Å². The van der Waals surface area contributed by atoms with Gasteiger partial charge in [0, 0.05) is 51.2 Å². The molecule has 0 spiro atoms. The molecule has 0 saturated carbocycles. The molecule has 2 aromatic heterocycles. The molecule has 0 radical (unpaired) electrons. The van der Waals surface area contributed by atoms with Crippen LogP contribution in [0.25, 0.3) is 5.69 Å². The monoisotopic (exact) mass is 408 g/mol. The topological polar surface area (TPSA) is 91.2 Å². The second kappa shape index (κ2) is 8.41. The van der Waals surface area contributed by atoms with Crippen molar-refractivity contribution in [1.82, 2.24) is 19.4 Å². The van der Waals surface area contributed by atoms with Crippen LogP contribution in [0.15, 0.2) is 52.3 Å². The van der Waals surface area contributed by atoms with Crippen molar-refractivity contribution in [1.29, 1.82) is 5.26 Å². The zero-order valence-electron chi connectivity index (χ0n) is 16.0. The van der Waals surface area contributed by atoms with Gasteiger partial charge in [-0.15, -0.1) is 0 Å². The van der Waals surface area contributed by atoms with E-state index in [0.717, 1.165) is 10.8 Å². The molecule has 1 aliphatic heterocycles. The molecule has 0 unspecified atom stereocenters. The van der Waals surface area contributed by atoms with E-state index in [1.165, 1.54) is 11.8 Å². The van der Waals surface area contributed by atoms with Gasteiger partial charge in [0.15, 0.2) is 11.0 Å². The van der Waals surface area contributed by atoms with E-state index in [-0.39, 0.29) is 5.91 Å². The summed E-state index contributed by atoms with van der Waals surface area (Å²) in [5.41, 5.74) is 1.31. The smallest absolute Gasteiger partial charge is 0.234 e. The fourth-order valence-electron chi connectivity index (χ4n) is 3.26. The quantitative estimate of drug-likeness (QED) is 0.599. The van der Waals surface area contributed by atoms with Crippen molar-refractivity contribution in [3.05, 3.63) is 54.3 Å². The predicted molar refractivity (Wildman–Crippen MR) is 109 cm³/mol. The van der Waals surface area contributed by atoms with Gasteiger partial charge in [-0.05, 0) is 12.1 Å². The Balaban J connectivity index is 1.33. The summed E-state index contributed by atoms with van der Waals surface area (Å²) >= 11 is 1.43. The first-order valence-corrected chi connectivity index (χ1v) is 10.3. The van der Waals surface area contributed by atoms with Crippen molar-refractivity contribution < 1.29 is 9.21 Å². The van der Waals surface area contributed by atoms with Crippen molar-refractivity contribution in [2.75, 3.05) is 36.8 Å². The van der Waals surface area contributed by atoms with Gasteiger partial charge in [-0.2, -0.15) is 5.26 Å². The number of piperazine rings is 1. The number of carbonyl (C=O) groups is 1. The third-order valence-corrected chi connectivity index (χ3v) is 5.66. The van der Waals surface area contributed by atoms with Gasteiger partial charge in [-0.3, -0.25) is 9.36 Å². The highest BCUT2D eigenvalue weighted by Crippen LogP contribution is 2.24. The van der Waals surface area contributed by atoms with Crippen LogP contribution in [0.5, 0.6) is 0 Å². The number of aromatic nitrogens is 3. The highest BCUT2D eigenvalue weighted by molar-refractivity contribution is 7.99. The summed E-state index contributed by atoms with van der Waals surface area (Å²) in [5.74, 6) is 1.37. The molecule has 8 nitrogen and oxygen atoms in total. The number of thioether (sulfide) groups is 1. The highest BCUT2D eigenvalue weighted by Gasteiger charge is 2.26. The van der Waals surface area contributed by atoms with E-state index in [9.17, 15) is 10.1 Å². The van der Waals surface area contributed by atoms with E-state index >= 15 is 0 Å². The fraction of sp³-hybridized carbons (Fsp3) is 0.300. The van der Waals surface area contributed by atoms with Crippen LogP contribution in [0.1, 0.15) is 11.6 Å². The first kappa shape index (κ1) is 19.1. The molecule has 0 bridgehead atoms. The number of amides is 1. The van der Waals surface area contributed by atoms with Crippen LogP contribution in [0.3, 0.4) is 0 Å². The molecule has 0 N–H and O–H groups in total. The van der Waals surface area contributed by atoms with Gasteiger partial charge in [-0.1, -0.05) is 30.0 Å². The molecule has 3 heterocycles. The van der Waals surface area contributed by atoms with Crippen LogP contribution in [0.2, 0.25) is 0 Å². The van der Waals surface area contributed by atoms with Crippen LogP contribution in [-0.4, -0.2) is 57.3 Å². The normalized spacial score (nSPS) is 14.1. The Kier molecular flexibility index (Phi) is 5.53. The zero-order chi connectivity index (χ0) is 20.2. The average molecular weight is 408 g/mol. The largest absolute Gasteiger partial charge is 0.424 e. The van der Waals surface area contributed by atoms with Crippen molar-refractivity contribution >= 4 is 23.6 Å². The summed E-state index contributed by atoms with van der Waals surface area (Å²) < 4.78 is 7.54. The van der Waals surface area contributed by atoms with E-state index in [1.807, 2.05) is 50.9 Å². The number of nitriles is 1. The summed E-state index contributed by atoms with van der Waals surface area (Å²) in [6.45, 7) is 4.10. The molecule has 29 heavy (non-hydrogen) atoms. The van der Waals surface area contributed by atoms with Gasteiger partial charge < -0.3 is 14.2 Å². The van der Waals surface area contributed by atoms with Crippen molar-refractivity contribution in [2.24, 2.45) is 0 Å². The standard InChI is InChI=1S/C20H20N6O2S/c1-15-23-17(13-21)19(28-15)25-11-9-24(10-12-25)18(27)14-29-20-22-7-8-26(20)16-5-3-2-4-6-16/h2-8H,9-12,14H2,1H3. The lowest BCUT2D eigenvalue weighted by molar-refractivity contribution is -0.128. The summed E-state index contributed by atoms with van der Waals surface area (Å²) in [7, 11) is 0. The molecule has 1 saturated heterocycles. The minimum atomic E-state index is 0.0755. The third kappa shape index (κ3) is 4.12. The lowest BCUT2D eigenvalue weighted by Gasteiger charge is -2.34. The minimum Gasteiger partial charge on any atom is -0.424 e. The Bertz CT molecular complexity index is 1030. The lowest BCUT2D eigenvalue weighted by Crippen LogP contribution is -2.49. The number of aryl methyl sites for hydroxylation is 1. The number of benzene rings is 1. The Hall–Kier alpha value is -3.25. The summed E-state index contributed by atoms with van der Waals surface area (Å²) in [5, 5.41) is 9.98. The Morgan fingerprint density at radius 2 is 2.00 bits per heavy atom. The highest BCUT2D eigenvalue weighted by atomic mass is 32.2. The van der Waals surface area contributed by atoms with Crippen molar-refractivity contribution in [2.45, 2.75) is 12.1 Å². The fourth-order valence-corrected chi connectivity index (χ4v) is 4.14. The van der Waals surface area contributed by atoms with Gasteiger partial charge in [0.1, 0.15) is 6.07 Å². The van der Waals surface area contributed by atoms with Crippen LogP contribution < -0.4 is 4.90 Å². The molecular weight excluding hydrogens is 388 g/mol. The molecule has 1 fully saturated rings. The predicted octanol–water partition coefficient (Wildman–Crippen LogP) is 2.48. The van der Waals surface area contributed by atoms with Gasteiger partial charge in [0.05, 0.1) is 5.75 Å². The van der Waals surface area contributed by atoms with Crippen molar-refractivity contribution in [3.8, 4) is 11.8 Å². The molecule has 1 aliphatic rings. The van der Waals surface area contributed by atoms with Gasteiger partial charge in [0.2, 0.25) is 17.5 Å². The molecule has 0 aliphatic carbocycles.